The molecule has 2 saturated heterocycles. The van der Waals surface area contributed by atoms with Gasteiger partial charge in [0.15, 0.2) is 5.54 Å². The molecule has 0 saturated carbocycles. The molecule has 9 nitrogen and oxygen atoms in total. The van der Waals surface area contributed by atoms with Crippen molar-refractivity contribution in [3.05, 3.63) is 0 Å². The van der Waals surface area contributed by atoms with Crippen molar-refractivity contribution in [3.8, 4) is 0 Å². The molecule has 2 rings (SSSR count). The van der Waals surface area contributed by atoms with Gasteiger partial charge in [-0.15, -0.1) is 0 Å². The summed E-state index contributed by atoms with van der Waals surface area (Å²) in [6, 6.07) is -1.06. The number of amides is 3. The van der Waals surface area contributed by atoms with Gasteiger partial charge in [0.1, 0.15) is 6.04 Å². The van der Waals surface area contributed by atoms with Gasteiger partial charge in [0.05, 0.1) is 31.7 Å². The van der Waals surface area contributed by atoms with E-state index in [9.17, 15) is 24.6 Å². The minimum Gasteiger partial charge on any atom is -0.393 e. The van der Waals surface area contributed by atoms with Gasteiger partial charge >= 0.3 is 0 Å². The topological polar surface area (TPSA) is 136 Å². The molecule has 4 atom stereocenters. The van der Waals surface area contributed by atoms with Crippen LogP contribution in [-0.2, 0) is 14.4 Å². The molecule has 5 N–H and O–H groups in total. The van der Waals surface area contributed by atoms with Gasteiger partial charge in [-0.3, -0.25) is 14.4 Å². The van der Waals surface area contributed by atoms with E-state index in [4.69, 9.17) is 5.73 Å². The molecular formula is C14H24N4O5. The lowest BCUT2D eigenvalue weighted by Crippen LogP contribution is -2.81. The third kappa shape index (κ3) is 3.17. The molecule has 1 spiro atoms. The fourth-order valence-corrected chi connectivity index (χ4v) is 2.96. The molecule has 130 valence electrons. The SMILES string of the molecule is C[C@@H](O)CC(=O)N1CCN(C(=O)[C@@H](N)[C@@H](C)O)CC12CNC2=O. The maximum Gasteiger partial charge on any atom is 0.249 e. The predicted molar refractivity (Wildman–Crippen MR) is 80.0 cm³/mol. The number of aliphatic hydroxyl groups excluding tert-OH is 2. The molecule has 2 heterocycles. The Labute approximate surface area is 134 Å². The molecular weight excluding hydrogens is 304 g/mol. The lowest BCUT2D eigenvalue weighted by Gasteiger charge is -2.54. The second kappa shape index (κ2) is 6.42. The molecule has 0 radical (unpaired) electrons. The number of carbonyl (C=O) groups is 3. The highest BCUT2D eigenvalue weighted by Crippen LogP contribution is 2.28. The largest absolute Gasteiger partial charge is 0.393 e. The zero-order valence-corrected chi connectivity index (χ0v) is 13.4. The van der Waals surface area contributed by atoms with E-state index in [0.29, 0.717) is 0 Å². The number of hydrogen-bond donors (Lipinski definition) is 4. The van der Waals surface area contributed by atoms with Crippen molar-refractivity contribution in [2.45, 2.75) is 44.1 Å². The van der Waals surface area contributed by atoms with Crippen molar-refractivity contribution in [2.24, 2.45) is 5.73 Å². The monoisotopic (exact) mass is 328 g/mol. The van der Waals surface area contributed by atoms with Gasteiger partial charge in [-0.05, 0) is 13.8 Å². The van der Waals surface area contributed by atoms with E-state index < -0.39 is 29.7 Å². The van der Waals surface area contributed by atoms with E-state index in [1.54, 1.807) is 0 Å². The van der Waals surface area contributed by atoms with Gasteiger partial charge in [0.2, 0.25) is 17.7 Å². The maximum absolute atomic E-state index is 12.3. The van der Waals surface area contributed by atoms with Crippen LogP contribution in [0.3, 0.4) is 0 Å². The number of β-lactam (4-membered cyclic amide) rings is 1. The molecule has 9 heteroatoms. The Hall–Kier alpha value is -1.71. The molecule has 2 fully saturated rings. The fourth-order valence-electron chi connectivity index (χ4n) is 2.96. The van der Waals surface area contributed by atoms with Gasteiger partial charge in [0, 0.05) is 13.1 Å². The van der Waals surface area contributed by atoms with Crippen LogP contribution in [0.5, 0.6) is 0 Å². The van der Waals surface area contributed by atoms with Gasteiger partial charge in [-0.1, -0.05) is 0 Å². The number of carbonyl (C=O) groups excluding carboxylic acids is 3. The van der Waals surface area contributed by atoms with Gasteiger partial charge in [-0.2, -0.15) is 0 Å². The van der Waals surface area contributed by atoms with E-state index in [-0.39, 0.29) is 44.4 Å². The van der Waals surface area contributed by atoms with Crippen molar-refractivity contribution in [3.63, 3.8) is 0 Å². The summed E-state index contributed by atoms with van der Waals surface area (Å²) in [4.78, 5) is 39.5. The molecule has 0 aromatic carbocycles. The van der Waals surface area contributed by atoms with Crippen molar-refractivity contribution in [1.29, 1.82) is 0 Å². The number of piperazine rings is 1. The van der Waals surface area contributed by atoms with Crippen LogP contribution in [0.4, 0.5) is 0 Å². The zero-order valence-electron chi connectivity index (χ0n) is 13.4. The summed E-state index contributed by atoms with van der Waals surface area (Å²) < 4.78 is 0. The first kappa shape index (κ1) is 17.6. The number of nitrogens with two attached hydrogens (primary N) is 1. The smallest absolute Gasteiger partial charge is 0.249 e. The number of nitrogens with zero attached hydrogens (tertiary/aromatic N) is 2. The summed E-state index contributed by atoms with van der Waals surface area (Å²) in [5.74, 6) is -1.08. The van der Waals surface area contributed by atoms with Crippen molar-refractivity contribution >= 4 is 17.7 Å². The van der Waals surface area contributed by atoms with E-state index in [0.717, 1.165) is 0 Å². The Morgan fingerprint density at radius 1 is 1.35 bits per heavy atom. The highest BCUT2D eigenvalue weighted by atomic mass is 16.3. The van der Waals surface area contributed by atoms with Gasteiger partial charge < -0.3 is 31.1 Å². The molecule has 0 bridgehead atoms. The van der Waals surface area contributed by atoms with Crippen LogP contribution < -0.4 is 11.1 Å². The standard InChI is InChI=1S/C14H24N4O5/c1-8(19)5-10(21)18-4-3-17(12(22)11(15)9(2)20)7-14(18)6-16-13(14)23/h8-9,11,19-20H,3-7,15H2,1-2H3,(H,16,23)/t8-,9-,11+,14?/m1/s1. The lowest BCUT2D eigenvalue weighted by molar-refractivity contribution is -0.166. The highest BCUT2D eigenvalue weighted by Gasteiger charge is 2.56. The minimum atomic E-state index is -1.10. The summed E-state index contributed by atoms with van der Waals surface area (Å²) in [7, 11) is 0. The third-order valence-corrected chi connectivity index (χ3v) is 4.41. The maximum atomic E-state index is 12.3. The van der Waals surface area contributed by atoms with Crippen LogP contribution in [0.1, 0.15) is 20.3 Å². The molecule has 0 aromatic rings. The Balaban J connectivity index is 2.16. The van der Waals surface area contributed by atoms with Crippen LogP contribution in [0.15, 0.2) is 0 Å². The molecule has 1 unspecified atom stereocenters. The van der Waals surface area contributed by atoms with Crippen molar-refractivity contribution in [2.75, 3.05) is 26.2 Å². The molecule has 3 amide bonds. The molecule has 23 heavy (non-hydrogen) atoms. The molecule has 0 aliphatic carbocycles. The number of rotatable bonds is 4. The molecule has 0 aromatic heterocycles. The van der Waals surface area contributed by atoms with E-state index in [1.165, 1.54) is 23.6 Å². The second-order valence-corrected chi connectivity index (χ2v) is 6.34. The first-order chi connectivity index (χ1) is 10.7. The summed E-state index contributed by atoms with van der Waals surface area (Å²) >= 11 is 0. The van der Waals surface area contributed by atoms with Crippen LogP contribution in [0, 0.1) is 0 Å². The van der Waals surface area contributed by atoms with Crippen LogP contribution in [0.2, 0.25) is 0 Å². The Bertz CT molecular complexity index is 509. The summed E-state index contributed by atoms with van der Waals surface area (Å²) in [6.45, 7) is 3.66. The Morgan fingerprint density at radius 3 is 2.43 bits per heavy atom. The summed E-state index contributed by atoms with van der Waals surface area (Å²) in [6.07, 6.45) is -1.87. The zero-order chi connectivity index (χ0) is 17.4. The van der Waals surface area contributed by atoms with Crippen molar-refractivity contribution < 1.29 is 24.6 Å². The Morgan fingerprint density at radius 2 is 2.00 bits per heavy atom. The quantitative estimate of drug-likeness (QED) is 0.406. The summed E-state index contributed by atoms with van der Waals surface area (Å²) in [5.41, 5.74) is 4.58. The molecule has 2 aliphatic heterocycles. The van der Waals surface area contributed by atoms with Crippen molar-refractivity contribution in [1.82, 2.24) is 15.1 Å². The average Bonchev–Trinajstić information content (AvgIpc) is 2.50. The first-order valence-electron chi connectivity index (χ1n) is 7.68. The second-order valence-electron chi connectivity index (χ2n) is 6.34. The number of aliphatic hydroxyl groups is 2. The number of hydrogen-bond acceptors (Lipinski definition) is 6. The van der Waals surface area contributed by atoms with Crippen LogP contribution in [0.25, 0.3) is 0 Å². The first-order valence-corrected chi connectivity index (χ1v) is 7.68. The van der Waals surface area contributed by atoms with E-state index in [1.807, 2.05) is 0 Å². The van der Waals surface area contributed by atoms with Crippen LogP contribution >= 0.6 is 0 Å². The van der Waals surface area contributed by atoms with Gasteiger partial charge in [0.25, 0.3) is 0 Å². The lowest BCUT2D eigenvalue weighted by atomic mass is 9.85. The number of nitrogens with one attached hydrogen (secondary N) is 1. The minimum absolute atomic E-state index is 0.0453. The Kier molecular flexibility index (Phi) is 4.92. The van der Waals surface area contributed by atoms with E-state index >= 15 is 0 Å². The average molecular weight is 328 g/mol. The predicted octanol–water partition coefficient (Wildman–Crippen LogP) is -3.00. The van der Waals surface area contributed by atoms with Crippen LogP contribution in [-0.4, -0.2) is 87.7 Å². The summed E-state index contributed by atoms with van der Waals surface area (Å²) in [5, 5.41) is 21.5. The van der Waals surface area contributed by atoms with Gasteiger partial charge in [-0.25, -0.2) is 0 Å². The molecule has 2 aliphatic rings. The highest BCUT2D eigenvalue weighted by molar-refractivity contribution is 5.98. The van der Waals surface area contributed by atoms with E-state index in [2.05, 4.69) is 5.32 Å². The fraction of sp³-hybridized carbons (Fsp3) is 0.786. The third-order valence-electron chi connectivity index (χ3n) is 4.41. The normalized spacial score (nSPS) is 28.0.